The molecule has 4 nitrogen and oxygen atoms in total. The van der Waals surface area contributed by atoms with E-state index in [1.54, 1.807) is 0 Å². The van der Waals surface area contributed by atoms with Crippen molar-refractivity contribution in [2.24, 2.45) is 5.92 Å². The smallest absolute Gasteiger partial charge is 0.305 e. The Labute approximate surface area is 175 Å². The Morgan fingerprint density at radius 1 is 0.643 bits per heavy atom. The van der Waals surface area contributed by atoms with Crippen LogP contribution in [0.1, 0.15) is 111 Å². The van der Waals surface area contributed by atoms with Gasteiger partial charge in [-0.15, -0.1) is 0 Å². The summed E-state index contributed by atoms with van der Waals surface area (Å²) in [5.41, 5.74) is 0. The molecule has 0 fully saturated rings. The van der Waals surface area contributed by atoms with Crippen LogP contribution in [0, 0.1) is 5.92 Å². The fourth-order valence-corrected chi connectivity index (χ4v) is 3.07. The van der Waals surface area contributed by atoms with Crippen LogP contribution in [-0.2, 0) is 19.0 Å². The maximum Gasteiger partial charge on any atom is 0.305 e. The van der Waals surface area contributed by atoms with E-state index in [4.69, 9.17) is 14.2 Å². The van der Waals surface area contributed by atoms with Crippen LogP contribution >= 0.6 is 0 Å². The second-order valence-corrected chi connectivity index (χ2v) is 8.27. The van der Waals surface area contributed by atoms with Crippen LogP contribution in [0.15, 0.2) is 0 Å². The van der Waals surface area contributed by atoms with Gasteiger partial charge in [-0.1, -0.05) is 85.0 Å². The molecule has 0 heterocycles. The Morgan fingerprint density at radius 2 is 1.18 bits per heavy atom. The Bertz CT molecular complexity index is 318. The lowest BCUT2D eigenvalue weighted by Gasteiger charge is -2.07. The maximum atomic E-state index is 11.6. The highest BCUT2D eigenvalue weighted by atomic mass is 16.5. The van der Waals surface area contributed by atoms with Gasteiger partial charge in [-0.25, -0.2) is 0 Å². The first-order chi connectivity index (χ1) is 13.7. The number of hydrogen-bond donors (Lipinski definition) is 0. The van der Waals surface area contributed by atoms with E-state index >= 15 is 0 Å². The zero-order valence-corrected chi connectivity index (χ0v) is 19.1. The summed E-state index contributed by atoms with van der Waals surface area (Å²) in [5, 5.41) is 0. The molecule has 0 spiro atoms. The molecule has 0 rings (SSSR count). The Morgan fingerprint density at radius 3 is 1.82 bits per heavy atom. The molecule has 0 aliphatic rings. The molecule has 168 valence electrons. The lowest BCUT2D eigenvalue weighted by atomic mass is 10.0. The van der Waals surface area contributed by atoms with Crippen LogP contribution in [0.3, 0.4) is 0 Å². The molecule has 0 atom stereocenters. The van der Waals surface area contributed by atoms with Gasteiger partial charge in [0.2, 0.25) is 0 Å². The summed E-state index contributed by atoms with van der Waals surface area (Å²) in [7, 11) is 0. The molecule has 0 aliphatic heterocycles. The molecule has 0 radical (unpaired) electrons. The minimum Gasteiger partial charge on any atom is -0.466 e. The highest BCUT2D eigenvalue weighted by molar-refractivity contribution is 5.69. The summed E-state index contributed by atoms with van der Waals surface area (Å²) >= 11 is 0. The van der Waals surface area contributed by atoms with Crippen LogP contribution in [-0.4, -0.2) is 39.0 Å². The third kappa shape index (κ3) is 23.4. The fourth-order valence-electron chi connectivity index (χ4n) is 3.07. The Hall–Kier alpha value is -0.610. The lowest BCUT2D eigenvalue weighted by molar-refractivity contribution is -0.144. The molecule has 0 aliphatic carbocycles. The van der Waals surface area contributed by atoms with E-state index in [9.17, 15) is 4.79 Å². The minimum absolute atomic E-state index is 0.0963. The van der Waals surface area contributed by atoms with Crippen LogP contribution in [0.2, 0.25) is 0 Å². The molecule has 28 heavy (non-hydrogen) atoms. The average molecular weight is 401 g/mol. The fraction of sp³-hybridized carbons (Fsp3) is 0.958. The van der Waals surface area contributed by atoms with Gasteiger partial charge < -0.3 is 14.2 Å². The van der Waals surface area contributed by atoms with Gasteiger partial charge in [-0.05, 0) is 25.2 Å². The van der Waals surface area contributed by atoms with Crippen molar-refractivity contribution in [3.8, 4) is 0 Å². The molecule has 0 bridgehead atoms. The van der Waals surface area contributed by atoms with E-state index in [1.807, 2.05) is 0 Å². The first-order valence-corrected chi connectivity index (χ1v) is 12.0. The summed E-state index contributed by atoms with van der Waals surface area (Å²) in [6.07, 6.45) is 16.3. The number of rotatable bonds is 22. The van der Waals surface area contributed by atoms with Crippen LogP contribution in [0.4, 0.5) is 0 Å². The first kappa shape index (κ1) is 27.4. The first-order valence-electron chi connectivity index (χ1n) is 12.0. The summed E-state index contributed by atoms with van der Waals surface area (Å²) in [4.78, 5) is 11.6. The third-order valence-corrected chi connectivity index (χ3v) is 4.87. The van der Waals surface area contributed by atoms with Crippen molar-refractivity contribution in [3.63, 3.8) is 0 Å². The molecule has 0 saturated heterocycles. The van der Waals surface area contributed by atoms with Gasteiger partial charge in [0.25, 0.3) is 0 Å². The van der Waals surface area contributed by atoms with Gasteiger partial charge in [0.15, 0.2) is 0 Å². The zero-order valence-electron chi connectivity index (χ0n) is 19.1. The van der Waals surface area contributed by atoms with Crippen molar-refractivity contribution in [3.05, 3.63) is 0 Å². The summed E-state index contributed by atoms with van der Waals surface area (Å²) < 4.78 is 16.4. The van der Waals surface area contributed by atoms with E-state index < -0.39 is 0 Å². The molecule has 0 N–H and O–H groups in total. The van der Waals surface area contributed by atoms with E-state index in [1.165, 1.54) is 57.8 Å². The number of hydrogen-bond acceptors (Lipinski definition) is 4. The van der Waals surface area contributed by atoms with E-state index in [0.29, 0.717) is 32.8 Å². The molecular formula is C24H48O4. The lowest BCUT2D eigenvalue weighted by Crippen LogP contribution is -2.09. The molecule has 0 saturated carbocycles. The second-order valence-electron chi connectivity index (χ2n) is 8.27. The third-order valence-electron chi connectivity index (χ3n) is 4.87. The Kier molecular flexibility index (Phi) is 22.2. The number of unbranched alkanes of at least 4 members (excludes halogenated alkanes) is 9. The average Bonchev–Trinajstić information content (AvgIpc) is 2.67. The van der Waals surface area contributed by atoms with Crippen molar-refractivity contribution in [1.82, 2.24) is 0 Å². The molecule has 0 aromatic carbocycles. The van der Waals surface area contributed by atoms with Gasteiger partial charge in [0, 0.05) is 19.6 Å². The highest BCUT2D eigenvalue weighted by Crippen LogP contribution is 2.09. The normalized spacial score (nSPS) is 11.3. The van der Waals surface area contributed by atoms with Crippen molar-refractivity contribution < 1.29 is 19.0 Å². The zero-order chi connectivity index (χ0) is 20.7. The van der Waals surface area contributed by atoms with Crippen molar-refractivity contribution in [2.75, 3.05) is 33.0 Å². The van der Waals surface area contributed by atoms with E-state index in [-0.39, 0.29) is 5.97 Å². The number of esters is 1. The maximum absolute atomic E-state index is 11.6. The molecule has 0 amide bonds. The van der Waals surface area contributed by atoms with Crippen molar-refractivity contribution in [2.45, 2.75) is 111 Å². The number of carbonyl (C=O) groups excluding carboxylic acids is 1. The molecule has 0 aromatic heterocycles. The standard InChI is InChI=1S/C24H48O4/c1-4-5-6-7-8-10-13-18-26-21-22-27-19-15-17-24(25)28-20-14-11-9-12-16-23(2)3/h23H,4-22H2,1-3H3. The van der Waals surface area contributed by atoms with Gasteiger partial charge in [-0.3, -0.25) is 4.79 Å². The van der Waals surface area contributed by atoms with Crippen molar-refractivity contribution >= 4 is 5.97 Å². The van der Waals surface area contributed by atoms with E-state index in [2.05, 4.69) is 20.8 Å². The van der Waals surface area contributed by atoms with E-state index in [0.717, 1.165) is 38.2 Å². The molecule has 0 aromatic rings. The summed E-state index contributed by atoms with van der Waals surface area (Å²) in [6.45, 7) is 10.0. The predicted molar refractivity (Wildman–Crippen MR) is 118 cm³/mol. The topological polar surface area (TPSA) is 44.8 Å². The number of carbonyl (C=O) groups is 1. The van der Waals surface area contributed by atoms with Crippen LogP contribution in [0.25, 0.3) is 0 Å². The summed E-state index contributed by atoms with van der Waals surface area (Å²) in [6, 6.07) is 0. The highest BCUT2D eigenvalue weighted by Gasteiger charge is 2.03. The predicted octanol–water partition coefficient (Wildman–Crippen LogP) is 6.70. The second kappa shape index (κ2) is 22.7. The molecular weight excluding hydrogens is 352 g/mol. The SMILES string of the molecule is CCCCCCCCCOCCOCCCC(=O)OCCCCCCC(C)C. The minimum atomic E-state index is -0.0963. The van der Waals surface area contributed by atoms with Gasteiger partial charge in [0.1, 0.15) is 0 Å². The van der Waals surface area contributed by atoms with Crippen molar-refractivity contribution in [1.29, 1.82) is 0 Å². The van der Waals surface area contributed by atoms with Gasteiger partial charge in [0.05, 0.1) is 19.8 Å². The quantitative estimate of drug-likeness (QED) is 0.150. The largest absolute Gasteiger partial charge is 0.466 e. The summed E-state index contributed by atoms with van der Waals surface area (Å²) in [5.74, 6) is 0.692. The molecule has 0 unspecified atom stereocenters. The Balaban J connectivity index is 3.14. The molecule has 4 heteroatoms. The monoisotopic (exact) mass is 400 g/mol. The van der Waals surface area contributed by atoms with Crippen LogP contribution in [0.5, 0.6) is 0 Å². The van der Waals surface area contributed by atoms with Gasteiger partial charge >= 0.3 is 5.97 Å². The van der Waals surface area contributed by atoms with Crippen LogP contribution < -0.4 is 0 Å². The number of ether oxygens (including phenoxy) is 3. The van der Waals surface area contributed by atoms with Gasteiger partial charge in [-0.2, -0.15) is 0 Å².